The summed E-state index contributed by atoms with van der Waals surface area (Å²) >= 11 is 0. The highest BCUT2D eigenvalue weighted by Gasteiger charge is 2.31. The molecule has 0 spiro atoms. The predicted molar refractivity (Wildman–Crippen MR) is 104 cm³/mol. The molecule has 1 atom stereocenters. The smallest absolute Gasteiger partial charge is 0.413 e. The van der Waals surface area contributed by atoms with E-state index in [1.165, 1.54) is 23.9 Å². The average Bonchev–Trinajstić information content (AvgIpc) is 3.49. The Bertz CT molecular complexity index is 810. The molecule has 28 heavy (non-hydrogen) atoms. The third kappa shape index (κ3) is 4.43. The van der Waals surface area contributed by atoms with Crippen LogP contribution in [0.25, 0.3) is 11.4 Å². The van der Waals surface area contributed by atoms with Crippen molar-refractivity contribution in [1.82, 2.24) is 20.0 Å². The molecule has 1 amide bonds. The zero-order chi connectivity index (χ0) is 19.5. The maximum atomic E-state index is 12.2. The second kappa shape index (κ2) is 8.16. The largest absolute Gasteiger partial charge is 0.489 e. The second-order valence-corrected chi connectivity index (χ2v) is 7.74. The number of pyridine rings is 1. The minimum Gasteiger partial charge on any atom is -0.489 e. The lowest BCUT2D eigenvalue weighted by atomic mass is 9.98. The number of carbonyl (C=O) groups excluding carboxylic acids is 1. The number of aryl methyl sites for hydroxylation is 1. The van der Waals surface area contributed by atoms with Gasteiger partial charge in [0.2, 0.25) is 0 Å². The van der Waals surface area contributed by atoms with Crippen molar-refractivity contribution in [3.8, 4) is 17.1 Å². The molecular formula is C20H27N5O3. The lowest BCUT2D eigenvalue weighted by Gasteiger charge is -2.22. The van der Waals surface area contributed by atoms with E-state index in [1.807, 2.05) is 19.1 Å². The normalized spacial score (nSPS) is 18.5. The highest BCUT2D eigenvalue weighted by Crippen LogP contribution is 2.34. The molecule has 2 aromatic rings. The maximum Gasteiger partial charge on any atom is 0.413 e. The van der Waals surface area contributed by atoms with E-state index in [1.54, 1.807) is 13.2 Å². The van der Waals surface area contributed by atoms with Gasteiger partial charge in [-0.2, -0.15) is 0 Å². The van der Waals surface area contributed by atoms with Crippen LogP contribution in [0.2, 0.25) is 0 Å². The third-order valence-corrected chi connectivity index (χ3v) is 5.46. The van der Waals surface area contributed by atoms with Gasteiger partial charge in [-0.15, -0.1) is 5.10 Å². The molecule has 0 aliphatic heterocycles. The SMILES string of the molecule is C[C@@H](OC(=O)Nc1c(-c2ccc(OC3CCCCC3)cn2)nnn1C)C1CC1. The lowest BCUT2D eigenvalue weighted by molar-refractivity contribution is 0.108. The van der Waals surface area contributed by atoms with Crippen LogP contribution in [0.5, 0.6) is 5.75 Å². The number of nitrogens with zero attached hydrogens (tertiary/aromatic N) is 4. The Morgan fingerprint density at radius 2 is 2.00 bits per heavy atom. The van der Waals surface area contributed by atoms with Crippen LogP contribution >= 0.6 is 0 Å². The van der Waals surface area contributed by atoms with Crippen molar-refractivity contribution < 1.29 is 14.3 Å². The summed E-state index contributed by atoms with van der Waals surface area (Å²) in [6.07, 6.45) is 9.57. The van der Waals surface area contributed by atoms with Gasteiger partial charge in [-0.3, -0.25) is 10.3 Å². The van der Waals surface area contributed by atoms with Gasteiger partial charge < -0.3 is 9.47 Å². The van der Waals surface area contributed by atoms with E-state index in [9.17, 15) is 4.79 Å². The quantitative estimate of drug-likeness (QED) is 0.810. The molecule has 8 heteroatoms. The molecule has 150 valence electrons. The van der Waals surface area contributed by atoms with Crippen molar-refractivity contribution in [2.45, 2.75) is 64.1 Å². The summed E-state index contributed by atoms with van der Waals surface area (Å²) in [4.78, 5) is 16.7. The van der Waals surface area contributed by atoms with Crippen LogP contribution in [0.4, 0.5) is 10.6 Å². The van der Waals surface area contributed by atoms with Crippen LogP contribution in [-0.2, 0) is 11.8 Å². The molecule has 8 nitrogen and oxygen atoms in total. The van der Waals surface area contributed by atoms with Gasteiger partial charge in [0.25, 0.3) is 0 Å². The van der Waals surface area contributed by atoms with Crippen molar-refractivity contribution in [3.05, 3.63) is 18.3 Å². The zero-order valence-corrected chi connectivity index (χ0v) is 16.4. The molecule has 0 radical (unpaired) electrons. The van der Waals surface area contributed by atoms with Gasteiger partial charge in [-0.05, 0) is 63.5 Å². The summed E-state index contributed by atoms with van der Waals surface area (Å²) in [5, 5.41) is 10.9. The molecule has 2 aliphatic carbocycles. The van der Waals surface area contributed by atoms with Gasteiger partial charge >= 0.3 is 6.09 Å². The maximum absolute atomic E-state index is 12.2. The highest BCUT2D eigenvalue weighted by atomic mass is 16.6. The van der Waals surface area contributed by atoms with Crippen LogP contribution in [0, 0.1) is 5.92 Å². The first-order chi connectivity index (χ1) is 13.6. The third-order valence-electron chi connectivity index (χ3n) is 5.46. The standard InChI is InChI=1S/C20H27N5O3/c1-13(14-8-9-14)27-20(26)22-19-18(23-24-25(19)2)17-11-10-16(12-21-17)28-15-6-4-3-5-7-15/h10-15H,3-9H2,1-2H3,(H,22,26)/t13-/m1/s1. The summed E-state index contributed by atoms with van der Waals surface area (Å²) < 4.78 is 13.0. The van der Waals surface area contributed by atoms with Gasteiger partial charge in [0.05, 0.1) is 18.0 Å². The minimum absolute atomic E-state index is 0.0843. The molecular weight excluding hydrogens is 358 g/mol. The lowest BCUT2D eigenvalue weighted by Crippen LogP contribution is -2.23. The summed E-state index contributed by atoms with van der Waals surface area (Å²) in [5.41, 5.74) is 1.12. The molecule has 2 fully saturated rings. The highest BCUT2D eigenvalue weighted by molar-refractivity contribution is 5.88. The predicted octanol–water partition coefficient (Wildman–Crippen LogP) is 3.94. The Labute approximate surface area is 164 Å². The molecule has 2 aromatic heterocycles. The Balaban J connectivity index is 1.43. The molecule has 2 aliphatic rings. The molecule has 0 aromatic carbocycles. The average molecular weight is 385 g/mol. The van der Waals surface area contributed by atoms with E-state index in [2.05, 4.69) is 20.6 Å². The second-order valence-electron chi connectivity index (χ2n) is 7.74. The first kappa shape index (κ1) is 18.7. The number of hydrogen-bond acceptors (Lipinski definition) is 6. The van der Waals surface area contributed by atoms with Crippen LogP contribution in [0.1, 0.15) is 51.9 Å². The number of anilines is 1. The summed E-state index contributed by atoms with van der Waals surface area (Å²) in [7, 11) is 1.72. The van der Waals surface area contributed by atoms with Crippen molar-refractivity contribution >= 4 is 11.9 Å². The number of aromatic nitrogens is 4. The van der Waals surface area contributed by atoms with E-state index in [0.29, 0.717) is 23.1 Å². The molecule has 0 saturated heterocycles. The number of ether oxygens (including phenoxy) is 2. The fourth-order valence-electron chi connectivity index (χ4n) is 3.59. The first-order valence-corrected chi connectivity index (χ1v) is 10.1. The Kier molecular flexibility index (Phi) is 5.45. The van der Waals surface area contributed by atoms with Crippen LogP contribution in [0.3, 0.4) is 0 Å². The minimum atomic E-state index is -0.497. The molecule has 2 saturated carbocycles. The van der Waals surface area contributed by atoms with E-state index in [-0.39, 0.29) is 12.2 Å². The van der Waals surface area contributed by atoms with E-state index in [0.717, 1.165) is 31.4 Å². The van der Waals surface area contributed by atoms with Crippen molar-refractivity contribution in [3.63, 3.8) is 0 Å². The van der Waals surface area contributed by atoms with Crippen molar-refractivity contribution in [2.75, 3.05) is 5.32 Å². The number of carbonyl (C=O) groups is 1. The van der Waals surface area contributed by atoms with E-state index in [4.69, 9.17) is 9.47 Å². The topological polar surface area (TPSA) is 91.2 Å². The monoisotopic (exact) mass is 385 g/mol. The molecule has 0 bridgehead atoms. The van der Waals surface area contributed by atoms with Crippen molar-refractivity contribution in [1.29, 1.82) is 0 Å². The molecule has 0 unspecified atom stereocenters. The Morgan fingerprint density at radius 3 is 2.68 bits per heavy atom. The van der Waals surface area contributed by atoms with Crippen LogP contribution in [-0.4, -0.2) is 38.3 Å². The Hall–Kier alpha value is -2.64. The van der Waals surface area contributed by atoms with Gasteiger partial charge in [0.1, 0.15) is 11.9 Å². The fourth-order valence-corrected chi connectivity index (χ4v) is 3.59. The first-order valence-electron chi connectivity index (χ1n) is 10.1. The summed E-state index contributed by atoms with van der Waals surface area (Å²) in [6, 6.07) is 3.73. The van der Waals surface area contributed by atoms with Gasteiger partial charge in [0, 0.05) is 7.05 Å². The number of amides is 1. The summed E-state index contributed by atoms with van der Waals surface area (Å²) in [6.45, 7) is 1.92. The number of rotatable bonds is 6. The van der Waals surface area contributed by atoms with Crippen molar-refractivity contribution in [2.24, 2.45) is 13.0 Å². The van der Waals surface area contributed by atoms with E-state index >= 15 is 0 Å². The van der Waals surface area contributed by atoms with Crippen LogP contribution in [0.15, 0.2) is 18.3 Å². The van der Waals surface area contributed by atoms with Gasteiger partial charge in [0.15, 0.2) is 11.5 Å². The molecule has 1 N–H and O–H groups in total. The number of nitrogens with one attached hydrogen (secondary N) is 1. The van der Waals surface area contributed by atoms with Crippen LogP contribution < -0.4 is 10.1 Å². The van der Waals surface area contributed by atoms with Gasteiger partial charge in [-0.25, -0.2) is 9.48 Å². The van der Waals surface area contributed by atoms with Gasteiger partial charge in [-0.1, -0.05) is 11.6 Å². The Morgan fingerprint density at radius 1 is 1.21 bits per heavy atom. The fraction of sp³-hybridized carbons (Fsp3) is 0.600. The molecule has 4 rings (SSSR count). The number of hydrogen-bond donors (Lipinski definition) is 1. The van der Waals surface area contributed by atoms with E-state index < -0.39 is 6.09 Å². The molecule has 2 heterocycles. The zero-order valence-electron chi connectivity index (χ0n) is 16.4. The summed E-state index contributed by atoms with van der Waals surface area (Å²) in [5.74, 6) is 1.70.